The minimum absolute atomic E-state index is 0.0227. The smallest absolute Gasteiger partial charge is 0.405 e. The number of hydrogen-bond acceptors (Lipinski definition) is 5. The van der Waals surface area contributed by atoms with Crippen LogP contribution in [-0.2, 0) is 13.1 Å². The third-order valence-electron chi connectivity index (χ3n) is 5.14. The van der Waals surface area contributed by atoms with Crippen LogP contribution in [0.3, 0.4) is 0 Å². The van der Waals surface area contributed by atoms with E-state index in [0.29, 0.717) is 23.9 Å². The van der Waals surface area contributed by atoms with Crippen molar-refractivity contribution in [3.63, 3.8) is 0 Å². The first-order chi connectivity index (χ1) is 13.9. The number of rotatable bonds is 6. The highest BCUT2D eigenvalue weighted by Gasteiger charge is 2.32. The Morgan fingerprint density at radius 3 is 2.86 bits per heavy atom. The van der Waals surface area contributed by atoms with E-state index in [4.69, 9.17) is 0 Å². The number of hydrogen-bond donors (Lipinski definition) is 3. The van der Waals surface area contributed by atoms with E-state index in [9.17, 15) is 18.0 Å². The van der Waals surface area contributed by atoms with Crippen molar-refractivity contribution in [3.05, 3.63) is 57.9 Å². The summed E-state index contributed by atoms with van der Waals surface area (Å²) in [5, 5.41) is 5.21. The van der Waals surface area contributed by atoms with Crippen molar-refractivity contribution in [3.8, 4) is 5.75 Å². The summed E-state index contributed by atoms with van der Waals surface area (Å²) >= 11 is 0. The fourth-order valence-electron chi connectivity index (χ4n) is 3.65. The van der Waals surface area contributed by atoms with Crippen molar-refractivity contribution < 1.29 is 17.9 Å². The number of ether oxygens (including phenoxy) is 1. The minimum Gasteiger partial charge on any atom is -0.405 e. The van der Waals surface area contributed by atoms with Gasteiger partial charge >= 0.3 is 12.1 Å². The summed E-state index contributed by atoms with van der Waals surface area (Å²) in [5.74, 6) is 0.238. The van der Waals surface area contributed by atoms with Gasteiger partial charge in [-0.1, -0.05) is 18.2 Å². The highest BCUT2D eigenvalue weighted by Crippen LogP contribution is 2.27. The number of H-pyrrole nitrogens is 1. The van der Waals surface area contributed by atoms with Gasteiger partial charge in [-0.05, 0) is 37.6 Å². The maximum absolute atomic E-state index is 12.7. The summed E-state index contributed by atoms with van der Waals surface area (Å²) in [7, 11) is 0. The molecule has 2 aliphatic rings. The Balaban J connectivity index is 1.52. The zero-order valence-electron chi connectivity index (χ0n) is 15.6. The standard InChI is InChI=1S/C19H22F3N5O2/c20-19(21,22)29-17-4-2-1-3-14(17)11-27-16-12-26(8-6-15(16)25-18(27)28)24-10-13-5-7-23-9-13/h1-4,6,8,13,23-24H,5,7,9-12H2,(H,25,28). The van der Waals surface area contributed by atoms with Gasteiger partial charge in [-0.2, -0.15) is 0 Å². The maximum atomic E-state index is 12.7. The Hall–Kier alpha value is -2.72. The van der Waals surface area contributed by atoms with Crippen LogP contribution in [0.4, 0.5) is 13.2 Å². The zero-order valence-corrected chi connectivity index (χ0v) is 15.6. The SMILES string of the molecule is O=c1[nH]c2c(n1Cc1ccccc1OC(F)(F)F)CN(NCC1CCNC1)C=C2. The maximum Gasteiger partial charge on any atom is 0.573 e. The van der Waals surface area contributed by atoms with E-state index in [0.717, 1.165) is 26.1 Å². The number of benzene rings is 1. The molecule has 0 spiro atoms. The first-order valence-electron chi connectivity index (χ1n) is 9.43. The lowest BCUT2D eigenvalue weighted by Crippen LogP contribution is -2.39. The van der Waals surface area contributed by atoms with Gasteiger partial charge in [-0.15, -0.1) is 13.2 Å². The first-order valence-corrected chi connectivity index (χ1v) is 9.43. The summed E-state index contributed by atoms with van der Waals surface area (Å²) in [6.45, 7) is 3.20. The van der Waals surface area contributed by atoms with Crippen LogP contribution in [0.2, 0.25) is 0 Å². The van der Waals surface area contributed by atoms with Gasteiger partial charge in [0.25, 0.3) is 0 Å². The van der Waals surface area contributed by atoms with Gasteiger partial charge in [0, 0.05) is 18.3 Å². The van der Waals surface area contributed by atoms with Crippen molar-refractivity contribution in [1.29, 1.82) is 0 Å². The average Bonchev–Trinajstić information content (AvgIpc) is 3.28. The molecule has 156 valence electrons. The molecule has 0 saturated carbocycles. The van der Waals surface area contributed by atoms with Crippen molar-refractivity contribution >= 4 is 6.08 Å². The summed E-state index contributed by atoms with van der Waals surface area (Å²) in [5.41, 5.74) is 4.62. The van der Waals surface area contributed by atoms with Crippen LogP contribution < -0.4 is 21.2 Å². The lowest BCUT2D eigenvalue weighted by atomic mass is 10.1. The number of nitrogens with zero attached hydrogens (tertiary/aromatic N) is 2. The molecule has 29 heavy (non-hydrogen) atoms. The third-order valence-corrected chi connectivity index (χ3v) is 5.14. The number of para-hydroxylation sites is 1. The van der Waals surface area contributed by atoms with Crippen LogP contribution in [0.15, 0.2) is 35.3 Å². The molecular weight excluding hydrogens is 387 g/mol. The molecule has 1 atom stereocenters. The molecule has 1 aromatic carbocycles. The van der Waals surface area contributed by atoms with Crippen molar-refractivity contribution in [1.82, 2.24) is 25.3 Å². The second-order valence-electron chi connectivity index (χ2n) is 7.20. The quantitative estimate of drug-likeness (QED) is 0.681. The number of aromatic amines is 1. The van der Waals surface area contributed by atoms with Crippen molar-refractivity contribution in [2.45, 2.75) is 25.9 Å². The molecule has 2 aliphatic heterocycles. The molecule has 1 aromatic heterocycles. The Labute approximate surface area is 165 Å². The molecule has 4 rings (SSSR count). The normalized spacial score (nSPS) is 18.9. The number of nitrogens with one attached hydrogen (secondary N) is 3. The predicted octanol–water partition coefficient (Wildman–Crippen LogP) is 2.02. The van der Waals surface area contributed by atoms with Crippen LogP contribution in [-0.4, -0.2) is 40.6 Å². The summed E-state index contributed by atoms with van der Waals surface area (Å²) in [4.78, 5) is 15.2. The number of halogens is 3. The van der Waals surface area contributed by atoms with Gasteiger partial charge in [0.15, 0.2) is 0 Å². The van der Waals surface area contributed by atoms with Gasteiger partial charge in [0.05, 0.1) is 24.5 Å². The molecule has 0 bridgehead atoms. The third kappa shape index (κ3) is 4.65. The fourth-order valence-corrected chi connectivity index (χ4v) is 3.65. The van der Waals surface area contributed by atoms with E-state index in [-0.39, 0.29) is 23.5 Å². The minimum atomic E-state index is -4.79. The lowest BCUT2D eigenvalue weighted by Gasteiger charge is -2.26. The molecule has 3 heterocycles. The molecule has 0 amide bonds. The van der Waals surface area contributed by atoms with Crippen LogP contribution in [0, 0.1) is 5.92 Å². The van der Waals surface area contributed by atoms with E-state index < -0.39 is 6.36 Å². The molecule has 1 unspecified atom stereocenters. The predicted molar refractivity (Wildman–Crippen MR) is 101 cm³/mol. The summed E-state index contributed by atoms with van der Waals surface area (Å²) < 4.78 is 43.6. The number of fused-ring (bicyclic) bond motifs is 1. The van der Waals surface area contributed by atoms with E-state index in [1.54, 1.807) is 12.1 Å². The van der Waals surface area contributed by atoms with Crippen LogP contribution in [0.5, 0.6) is 5.75 Å². The molecule has 2 aromatic rings. The van der Waals surface area contributed by atoms with E-state index >= 15 is 0 Å². The van der Waals surface area contributed by atoms with Crippen LogP contribution >= 0.6 is 0 Å². The fraction of sp³-hybridized carbons (Fsp3) is 0.421. The van der Waals surface area contributed by atoms with Gasteiger partial charge in [-0.25, -0.2) is 10.2 Å². The highest BCUT2D eigenvalue weighted by atomic mass is 19.4. The second-order valence-corrected chi connectivity index (χ2v) is 7.20. The number of imidazole rings is 1. The van der Waals surface area contributed by atoms with Gasteiger partial charge in [0.2, 0.25) is 0 Å². The molecule has 1 fully saturated rings. The Kier molecular flexibility index (Phi) is 5.37. The molecule has 10 heteroatoms. The highest BCUT2D eigenvalue weighted by molar-refractivity contribution is 5.50. The van der Waals surface area contributed by atoms with E-state index in [1.807, 2.05) is 11.2 Å². The van der Waals surface area contributed by atoms with Crippen LogP contribution in [0.25, 0.3) is 6.08 Å². The van der Waals surface area contributed by atoms with Crippen LogP contribution in [0.1, 0.15) is 23.4 Å². The summed E-state index contributed by atoms with van der Waals surface area (Å²) in [6.07, 6.45) is -0.0434. The Morgan fingerprint density at radius 2 is 2.10 bits per heavy atom. The van der Waals surface area contributed by atoms with Gasteiger partial charge < -0.3 is 20.0 Å². The summed E-state index contributed by atoms with van der Waals surface area (Å²) in [6, 6.07) is 5.85. The van der Waals surface area contributed by atoms with Crippen molar-refractivity contribution in [2.75, 3.05) is 19.6 Å². The number of aromatic nitrogens is 2. The molecule has 1 saturated heterocycles. The second kappa shape index (κ2) is 7.96. The molecule has 0 radical (unpaired) electrons. The monoisotopic (exact) mass is 409 g/mol. The molecular formula is C19H22F3N5O2. The van der Waals surface area contributed by atoms with Gasteiger partial charge in [-0.3, -0.25) is 4.57 Å². The Bertz CT molecular complexity index is 944. The molecule has 3 N–H and O–H groups in total. The Morgan fingerprint density at radius 1 is 1.28 bits per heavy atom. The first kappa shape index (κ1) is 19.6. The molecule has 0 aliphatic carbocycles. The number of alkyl halides is 3. The van der Waals surface area contributed by atoms with Crippen molar-refractivity contribution in [2.24, 2.45) is 5.92 Å². The zero-order chi connectivity index (χ0) is 20.4. The lowest BCUT2D eigenvalue weighted by molar-refractivity contribution is -0.274. The topological polar surface area (TPSA) is 74.3 Å². The van der Waals surface area contributed by atoms with E-state index in [1.165, 1.54) is 22.8 Å². The molecule has 7 nitrogen and oxygen atoms in total. The van der Waals surface area contributed by atoms with Gasteiger partial charge in [0.1, 0.15) is 5.75 Å². The largest absolute Gasteiger partial charge is 0.573 e. The van der Waals surface area contributed by atoms with E-state index in [2.05, 4.69) is 20.5 Å². The number of hydrazine groups is 1. The average molecular weight is 409 g/mol.